The van der Waals surface area contributed by atoms with Crippen molar-refractivity contribution >= 4 is 22.5 Å². The maximum Gasteiger partial charge on any atom is 0.146 e. The zero-order valence-electron chi connectivity index (χ0n) is 10.7. The van der Waals surface area contributed by atoms with Crippen LogP contribution in [0.1, 0.15) is 5.56 Å². The first-order valence-electron chi connectivity index (χ1n) is 6.28. The Hall–Kier alpha value is -2.10. The molecule has 4 heteroatoms. The number of fused-ring (bicyclic) bond motifs is 1. The van der Waals surface area contributed by atoms with Crippen LogP contribution in [0.5, 0.6) is 11.5 Å². The molecule has 0 saturated heterocycles. The summed E-state index contributed by atoms with van der Waals surface area (Å²) in [6, 6.07) is 15.2. The Labute approximate surface area is 122 Å². The van der Waals surface area contributed by atoms with Crippen molar-refractivity contribution in [1.82, 2.24) is 4.98 Å². The van der Waals surface area contributed by atoms with Crippen LogP contribution in [0.2, 0.25) is 5.02 Å². The van der Waals surface area contributed by atoms with Gasteiger partial charge in [0.1, 0.15) is 11.5 Å². The average molecular weight is 285 g/mol. The predicted molar refractivity (Wildman–Crippen MR) is 81.2 cm³/mol. The number of benzene rings is 2. The fourth-order valence-electron chi connectivity index (χ4n) is 2.04. The largest absolute Gasteiger partial charge is 0.455 e. The topological polar surface area (TPSA) is 48.1 Å². The summed E-state index contributed by atoms with van der Waals surface area (Å²) in [4.78, 5) is 4.30. The van der Waals surface area contributed by atoms with Crippen molar-refractivity contribution in [2.75, 3.05) is 0 Å². The van der Waals surface area contributed by atoms with Crippen LogP contribution in [0.25, 0.3) is 10.9 Å². The van der Waals surface area contributed by atoms with Crippen molar-refractivity contribution in [3.63, 3.8) is 0 Å². The molecule has 100 valence electrons. The van der Waals surface area contributed by atoms with Gasteiger partial charge < -0.3 is 10.5 Å². The molecule has 0 fully saturated rings. The molecule has 2 N–H and O–H groups in total. The molecule has 0 aliphatic rings. The fourth-order valence-corrected chi connectivity index (χ4v) is 2.28. The zero-order chi connectivity index (χ0) is 13.9. The van der Waals surface area contributed by atoms with Gasteiger partial charge in [-0.3, -0.25) is 4.98 Å². The van der Waals surface area contributed by atoms with Gasteiger partial charge in [0.25, 0.3) is 0 Å². The maximum absolute atomic E-state index is 6.21. The molecule has 3 nitrogen and oxygen atoms in total. The van der Waals surface area contributed by atoms with E-state index in [1.807, 2.05) is 48.5 Å². The Morgan fingerprint density at radius 3 is 2.75 bits per heavy atom. The van der Waals surface area contributed by atoms with Crippen LogP contribution < -0.4 is 10.5 Å². The lowest BCUT2D eigenvalue weighted by atomic mass is 10.2. The van der Waals surface area contributed by atoms with E-state index in [-0.39, 0.29) is 0 Å². The Kier molecular flexibility index (Phi) is 3.54. The quantitative estimate of drug-likeness (QED) is 0.786. The number of nitrogens with zero attached hydrogens (tertiary/aromatic N) is 1. The summed E-state index contributed by atoms with van der Waals surface area (Å²) >= 11 is 6.21. The summed E-state index contributed by atoms with van der Waals surface area (Å²) in [5, 5.41) is 1.50. The van der Waals surface area contributed by atoms with Crippen LogP contribution in [-0.4, -0.2) is 4.98 Å². The number of ether oxygens (including phenoxy) is 1. The second-order valence-electron chi connectivity index (χ2n) is 4.40. The van der Waals surface area contributed by atoms with Crippen LogP contribution >= 0.6 is 11.6 Å². The highest BCUT2D eigenvalue weighted by molar-refractivity contribution is 6.32. The first kappa shape index (κ1) is 12.9. The summed E-state index contributed by atoms with van der Waals surface area (Å²) in [7, 11) is 0. The monoisotopic (exact) mass is 284 g/mol. The Balaban J connectivity index is 2.01. The molecule has 20 heavy (non-hydrogen) atoms. The normalized spacial score (nSPS) is 10.7. The number of rotatable bonds is 3. The van der Waals surface area contributed by atoms with E-state index in [9.17, 15) is 0 Å². The van der Waals surface area contributed by atoms with Crippen molar-refractivity contribution in [2.45, 2.75) is 6.54 Å². The molecule has 1 aromatic heterocycles. The van der Waals surface area contributed by atoms with Crippen molar-refractivity contribution in [2.24, 2.45) is 5.73 Å². The van der Waals surface area contributed by atoms with Gasteiger partial charge >= 0.3 is 0 Å². The number of nitrogens with two attached hydrogens (primary N) is 1. The molecule has 0 radical (unpaired) electrons. The van der Waals surface area contributed by atoms with Gasteiger partial charge in [0, 0.05) is 18.1 Å². The summed E-state index contributed by atoms with van der Waals surface area (Å²) in [5.74, 6) is 1.35. The summed E-state index contributed by atoms with van der Waals surface area (Å²) < 4.78 is 5.91. The van der Waals surface area contributed by atoms with Gasteiger partial charge in [-0.05, 0) is 42.0 Å². The molecule has 1 heterocycles. The lowest BCUT2D eigenvalue weighted by molar-refractivity contribution is 0.488. The minimum Gasteiger partial charge on any atom is -0.455 e. The number of aromatic nitrogens is 1. The summed E-state index contributed by atoms with van der Waals surface area (Å²) in [6.07, 6.45) is 1.76. The Morgan fingerprint density at radius 2 is 1.95 bits per heavy atom. The van der Waals surface area contributed by atoms with Gasteiger partial charge in [0.15, 0.2) is 0 Å². The van der Waals surface area contributed by atoms with E-state index in [4.69, 9.17) is 22.1 Å². The minimum atomic E-state index is 0.457. The predicted octanol–water partition coefficient (Wildman–Crippen LogP) is 4.14. The van der Waals surface area contributed by atoms with E-state index in [0.29, 0.717) is 17.3 Å². The third-order valence-electron chi connectivity index (χ3n) is 3.06. The molecule has 0 aliphatic carbocycles. The molecular formula is C16H13ClN2O. The molecule has 0 atom stereocenters. The van der Waals surface area contributed by atoms with E-state index >= 15 is 0 Å². The van der Waals surface area contributed by atoms with Gasteiger partial charge in [-0.2, -0.15) is 0 Å². The fraction of sp³-hybridized carbons (Fsp3) is 0.0625. The second kappa shape index (κ2) is 5.49. The van der Waals surface area contributed by atoms with Crippen LogP contribution in [0.3, 0.4) is 0 Å². The molecule has 0 spiro atoms. The minimum absolute atomic E-state index is 0.457. The molecule has 2 aromatic carbocycles. The van der Waals surface area contributed by atoms with Crippen molar-refractivity contribution in [3.05, 3.63) is 65.3 Å². The van der Waals surface area contributed by atoms with Crippen LogP contribution in [0.15, 0.2) is 54.7 Å². The molecule has 0 unspecified atom stereocenters. The maximum atomic E-state index is 6.21. The number of hydrogen-bond acceptors (Lipinski definition) is 3. The van der Waals surface area contributed by atoms with Gasteiger partial charge in [0.05, 0.1) is 10.5 Å². The number of pyridine rings is 1. The van der Waals surface area contributed by atoms with E-state index in [1.165, 1.54) is 0 Å². The highest BCUT2D eigenvalue weighted by Gasteiger charge is 2.07. The van der Waals surface area contributed by atoms with E-state index in [0.717, 1.165) is 22.2 Å². The zero-order valence-corrected chi connectivity index (χ0v) is 11.5. The SMILES string of the molecule is NCc1ccc(Oc2cccc3ncccc23)c(Cl)c1. The van der Waals surface area contributed by atoms with Crippen molar-refractivity contribution in [1.29, 1.82) is 0 Å². The van der Waals surface area contributed by atoms with E-state index in [1.54, 1.807) is 6.20 Å². The molecule has 3 aromatic rings. The highest BCUT2D eigenvalue weighted by Crippen LogP contribution is 2.33. The molecule has 3 rings (SSSR count). The molecular weight excluding hydrogens is 272 g/mol. The molecule has 0 amide bonds. The second-order valence-corrected chi connectivity index (χ2v) is 4.80. The standard InChI is InChI=1S/C16H13ClN2O/c17-13-9-11(10-18)6-7-16(13)20-15-5-1-4-14-12(15)3-2-8-19-14/h1-9H,10,18H2. The third-order valence-corrected chi connectivity index (χ3v) is 3.35. The average Bonchev–Trinajstić information content (AvgIpc) is 2.49. The molecule has 0 bridgehead atoms. The van der Waals surface area contributed by atoms with Crippen LogP contribution in [0.4, 0.5) is 0 Å². The molecule has 0 saturated carbocycles. The number of halogens is 1. The Morgan fingerprint density at radius 1 is 1.05 bits per heavy atom. The van der Waals surface area contributed by atoms with Gasteiger partial charge in [-0.1, -0.05) is 23.7 Å². The summed E-state index contributed by atoms with van der Waals surface area (Å²) in [5.41, 5.74) is 7.45. The first-order valence-corrected chi connectivity index (χ1v) is 6.66. The van der Waals surface area contributed by atoms with E-state index in [2.05, 4.69) is 4.98 Å². The Bertz CT molecular complexity index is 753. The van der Waals surface area contributed by atoms with Crippen molar-refractivity contribution < 1.29 is 4.74 Å². The highest BCUT2D eigenvalue weighted by atomic mass is 35.5. The third kappa shape index (κ3) is 2.46. The van der Waals surface area contributed by atoms with Crippen molar-refractivity contribution in [3.8, 4) is 11.5 Å². The van der Waals surface area contributed by atoms with Crippen LogP contribution in [0, 0.1) is 0 Å². The van der Waals surface area contributed by atoms with E-state index < -0.39 is 0 Å². The lowest BCUT2D eigenvalue weighted by Gasteiger charge is -2.10. The molecule has 0 aliphatic heterocycles. The van der Waals surface area contributed by atoms with Gasteiger partial charge in [-0.25, -0.2) is 0 Å². The lowest BCUT2D eigenvalue weighted by Crippen LogP contribution is -1.96. The number of hydrogen-bond donors (Lipinski definition) is 1. The summed E-state index contributed by atoms with van der Waals surface area (Å²) in [6.45, 7) is 0.457. The van der Waals surface area contributed by atoms with Gasteiger partial charge in [0.2, 0.25) is 0 Å². The van der Waals surface area contributed by atoms with Crippen LogP contribution in [-0.2, 0) is 6.54 Å². The van der Waals surface area contributed by atoms with Gasteiger partial charge in [-0.15, -0.1) is 0 Å². The smallest absolute Gasteiger partial charge is 0.146 e. The first-order chi connectivity index (χ1) is 9.78.